The Kier molecular flexibility index (Phi) is 5.30. The Morgan fingerprint density at radius 2 is 1.88 bits per heavy atom. The van der Waals surface area contributed by atoms with Crippen LogP contribution in [0.2, 0.25) is 0 Å². The molecule has 6 rings (SSSR count). The highest BCUT2D eigenvalue weighted by Crippen LogP contribution is 2.46. The van der Waals surface area contributed by atoms with Crippen LogP contribution in [0.4, 0.5) is 5.00 Å². The fourth-order valence-corrected chi connectivity index (χ4v) is 6.69. The Morgan fingerprint density at radius 3 is 2.70 bits per heavy atom. The van der Waals surface area contributed by atoms with Gasteiger partial charge in [-0.2, -0.15) is 0 Å². The van der Waals surface area contributed by atoms with Crippen molar-refractivity contribution < 1.29 is 9.21 Å². The number of fused-ring (bicyclic) bond motifs is 2. The fraction of sp³-hybridized carbons (Fsp3) is 0.154. The maximum absolute atomic E-state index is 12.8. The van der Waals surface area contributed by atoms with Crippen LogP contribution in [0.25, 0.3) is 20.8 Å². The van der Waals surface area contributed by atoms with Gasteiger partial charge in [-0.1, -0.05) is 42.5 Å². The lowest BCUT2D eigenvalue weighted by Crippen LogP contribution is -2.29. The maximum Gasteiger partial charge on any atom is 0.291 e. The van der Waals surface area contributed by atoms with Crippen LogP contribution < -0.4 is 5.32 Å². The number of anilines is 1. The van der Waals surface area contributed by atoms with Crippen LogP contribution in [0.1, 0.15) is 26.6 Å². The van der Waals surface area contributed by atoms with Gasteiger partial charge in [0.1, 0.15) is 10.0 Å². The van der Waals surface area contributed by atoms with Gasteiger partial charge in [0, 0.05) is 30.1 Å². The predicted octanol–water partition coefficient (Wildman–Crippen LogP) is 6.43. The standard InChI is InChI=1S/C26H21N3O2S2/c30-24(20-10-6-14-31-20)28-26-23(25-27-19-9-4-5-11-21(19)32-25)18-12-13-29(16-22(18)33-26)15-17-7-2-1-3-8-17/h1-11,14H,12-13,15-16H2,(H,28,30). The van der Waals surface area contributed by atoms with E-state index in [1.165, 1.54) is 22.3 Å². The third-order valence-electron chi connectivity index (χ3n) is 5.86. The van der Waals surface area contributed by atoms with E-state index in [4.69, 9.17) is 9.40 Å². The first-order valence-corrected chi connectivity index (χ1v) is 12.5. The summed E-state index contributed by atoms with van der Waals surface area (Å²) in [5.41, 5.74) is 4.67. The molecule has 5 aromatic rings. The largest absolute Gasteiger partial charge is 0.459 e. The first-order chi connectivity index (χ1) is 16.2. The molecule has 0 saturated heterocycles. The smallest absolute Gasteiger partial charge is 0.291 e. The van der Waals surface area contributed by atoms with Gasteiger partial charge in [-0.05, 0) is 41.8 Å². The number of furan rings is 1. The lowest BCUT2D eigenvalue weighted by atomic mass is 10.0. The number of para-hydroxylation sites is 1. The molecule has 1 aliphatic rings. The summed E-state index contributed by atoms with van der Waals surface area (Å²) in [6.07, 6.45) is 2.45. The Labute approximate surface area is 199 Å². The van der Waals surface area contributed by atoms with E-state index >= 15 is 0 Å². The Bertz CT molecular complexity index is 1390. The third kappa shape index (κ3) is 3.99. The highest BCUT2D eigenvalue weighted by atomic mass is 32.1. The molecular formula is C26H21N3O2S2. The first kappa shape index (κ1) is 20.4. The van der Waals surface area contributed by atoms with Crippen LogP contribution in [0.15, 0.2) is 77.4 Å². The molecule has 0 radical (unpaired) electrons. The summed E-state index contributed by atoms with van der Waals surface area (Å²) >= 11 is 3.34. The zero-order valence-corrected chi connectivity index (χ0v) is 19.4. The molecule has 4 heterocycles. The summed E-state index contributed by atoms with van der Waals surface area (Å²) in [5.74, 6) is 0.0735. The average Bonchev–Trinajstić information content (AvgIpc) is 3.57. The van der Waals surface area contributed by atoms with Gasteiger partial charge in [0.15, 0.2) is 5.76 Å². The first-order valence-electron chi connectivity index (χ1n) is 10.9. The molecule has 0 unspecified atom stereocenters. The number of thiazole rings is 1. The van der Waals surface area contributed by atoms with Gasteiger partial charge in [0.2, 0.25) is 0 Å². The summed E-state index contributed by atoms with van der Waals surface area (Å²) in [6, 6.07) is 22.2. The van der Waals surface area contributed by atoms with E-state index in [0.717, 1.165) is 51.8 Å². The second kappa shape index (κ2) is 8.59. The minimum atomic E-state index is -0.234. The molecule has 0 aliphatic carbocycles. The van der Waals surface area contributed by atoms with Crippen LogP contribution in [0.5, 0.6) is 0 Å². The molecule has 3 aromatic heterocycles. The summed E-state index contributed by atoms with van der Waals surface area (Å²) in [7, 11) is 0. The van der Waals surface area contributed by atoms with Crippen molar-refractivity contribution in [1.82, 2.24) is 9.88 Å². The average molecular weight is 472 g/mol. The number of carbonyl (C=O) groups is 1. The van der Waals surface area contributed by atoms with E-state index in [-0.39, 0.29) is 5.91 Å². The molecule has 1 amide bonds. The molecule has 0 atom stereocenters. The Hall–Kier alpha value is -3.26. The van der Waals surface area contributed by atoms with Gasteiger partial charge in [0.25, 0.3) is 5.91 Å². The third-order valence-corrected chi connectivity index (χ3v) is 8.05. The number of benzene rings is 2. The van der Waals surface area contributed by atoms with E-state index in [1.807, 2.05) is 18.2 Å². The van der Waals surface area contributed by atoms with Gasteiger partial charge < -0.3 is 9.73 Å². The number of amides is 1. The van der Waals surface area contributed by atoms with Crippen LogP contribution in [0, 0.1) is 0 Å². The molecule has 0 spiro atoms. The molecule has 2 aromatic carbocycles. The van der Waals surface area contributed by atoms with Gasteiger partial charge >= 0.3 is 0 Å². The molecule has 5 nitrogen and oxygen atoms in total. The van der Waals surface area contributed by atoms with Gasteiger partial charge in [-0.15, -0.1) is 22.7 Å². The summed E-state index contributed by atoms with van der Waals surface area (Å²) < 4.78 is 6.47. The van der Waals surface area contributed by atoms with E-state index in [1.54, 1.807) is 34.8 Å². The molecule has 1 aliphatic heterocycles. The summed E-state index contributed by atoms with van der Waals surface area (Å²) in [6.45, 7) is 2.76. The van der Waals surface area contributed by atoms with Crippen molar-refractivity contribution in [3.05, 3.63) is 94.8 Å². The SMILES string of the molecule is O=C(Nc1sc2c(c1-c1nc3ccccc3s1)CCN(Cc1ccccc1)C2)c1ccco1. The van der Waals surface area contributed by atoms with Crippen molar-refractivity contribution in [2.24, 2.45) is 0 Å². The second-order valence-corrected chi connectivity index (χ2v) is 10.2. The molecule has 7 heteroatoms. The van der Waals surface area contributed by atoms with Crippen molar-refractivity contribution >= 4 is 43.8 Å². The summed E-state index contributed by atoms with van der Waals surface area (Å²) in [4.78, 5) is 21.5. The van der Waals surface area contributed by atoms with Gasteiger partial charge in [0.05, 0.1) is 16.5 Å². The van der Waals surface area contributed by atoms with Crippen LogP contribution in [0.3, 0.4) is 0 Å². The minimum absolute atomic E-state index is 0.234. The zero-order valence-electron chi connectivity index (χ0n) is 17.8. The van der Waals surface area contributed by atoms with E-state index in [0.29, 0.717) is 5.76 Å². The number of nitrogens with one attached hydrogen (secondary N) is 1. The van der Waals surface area contributed by atoms with Crippen molar-refractivity contribution in [1.29, 1.82) is 0 Å². The molecule has 0 saturated carbocycles. The lowest BCUT2D eigenvalue weighted by molar-refractivity contribution is 0.0997. The number of carbonyl (C=O) groups excluding carboxylic acids is 1. The van der Waals surface area contributed by atoms with Crippen molar-refractivity contribution in [3.8, 4) is 10.6 Å². The van der Waals surface area contributed by atoms with Crippen LogP contribution in [-0.4, -0.2) is 22.3 Å². The van der Waals surface area contributed by atoms with Crippen molar-refractivity contribution in [3.63, 3.8) is 0 Å². The molecule has 0 fully saturated rings. The number of thiophene rings is 1. The van der Waals surface area contributed by atoms with Crippen LogP contribution in [-0.2, 0) is 19.5 Å². The quantitative estimate of drug-likeness (QED) is 0.321. The predicted molar refractivity (Wildman–Crippen MR) is 134 cm³/mol. The molecule has 0 bridgehead atoms. The van der Waals surface area contributed by atoms with E-state index < -0.39 is 0 Å². The van der Waals surface area contributed by atoms with Gasteiger partial charge in [-0.3, -0.25) is 9.69 Å². The number of rotatable bonds is 5. The molecule has 164 valence electrons. The van der Waals surface area contributed by atoms with Crippen molar-refractivity contribution in [2.45, 2.75) is 19.5 Å². The molecule has 33 heavy (non-hydrogen) atoms. The number of hydrogen-bond acceptors (Lipinski definition) is 6. The minimum Gasteiger partial charge on any atom is -0.459 e. The second-order valence-electron chi connectivity index (χ2n) is 8.07. The lowest BCUT2D eigenvalue weighted by Gasteiger charge is -2.27. The topological polar surface area (TPSA) is 58.4 Å². The Morgan fingerprint density at radius 1 is 1.03 bits per heavy atom. The van der Waals surface area contributed by atoms with E-state index in [9.17, 15) is 4.79 Å². The van der Waals surface area contributed by atoms with Crippen molar-refractivity contribution in [2.75, 3.05) is 11.9 Å². The highest BCUT2D eigenvalue weighted by molar-refractivity contribution is 7.23. The number of aromatic nitrogens is 1. The number of nitrogens with zero attached hydrogens (tertiary/aromatic N) is 2. The van der Waals surface area contributed by atoms with Crippen LogP contribution >= 0.6 is 22.7 Å². The number of hydrogen-bond donors (Lipinski definition) is 1. The fourth-order valence-electron chi connectivity index (χ4n) is 4.30. The normalized spacial score (nSPS) is 13.8. The summed E-state index contributed by atoms with van der Waals surface area (Å²) in [5, 5.41) is 4.92. The molecular weight excluding hydrogens is 450 g/mol. The highest BCUT2D eigenvalue weighted by Gasteiger charge is 2.28. The molecule has 1 N–H and O–H groups in total. The zero-order chi connectivity index (χ0) is 22.2. The van der Waals surface area contributed by atoms with Gasteiger partial charge in [-0.25, -0.2) is 4.98 Å². The van der Waals surface area contributed by atoms with E-state index in [2.05, 4.69) is 46.6 Å². The maximum atomic E-state index is 12.8. The Balaban J connectivity index is 1.37. The monoisotopic (exact) mass is 471 g/mol.